The van der Waals surface area contributed by atoms with E-state index >= 15 is 0 Å². The number of benzene rings is 2. The van der Waals surface area contributed by atoms with Crippen LogP contribution in [0.3, 0.4) is 0 Å². The van der Waals surface area contributed by atoms with Crippen LogP contribution >= 0.6 is 0 Å². The SMILES string of the molecule is COc1cc(F)cc(-c2cccc3[nH]c(-c4n[nH]c5ccc(-c6cncc(NC(=O)CC7CCCCC7)c6)nc45)nc23)c1. The molecule has 10 heteroatoms. The zero-order valence-electron chi connectivity index (χ0n) is 23.7. The van der Waals surface area contributed by atoms with Crippen molar-refractivity contribution in [1.82, 2.24) is 30.1 Å². The number of rotatable bonds is 7. The fourth-order valence-electron chi connectivity index (χ4n) is 5.95. The zero-order valence-corrected chi connectivity index (χ0v) is 23.7. The Kier molecular flexibility index (Phi) is 7.02. The topological polar surface area (TPSA) is 121 Å². The number of ether oxygens (including phenoxy) is 1. The van der Waals surface area contributed by atoms with E-state index in [0.717, 1.165) is 35.0 Å². The van der Waals surface area contributed by atoms with Gasteiger partial charge in [0.2, 0.25) is 5.91 Å². The van der Waals surface area contributed by atoms with Gasteiger partial charge in [0.1, 0.15) is 17.1 Å². The normalized spacial score (nSPS) is 13.9. The third-order valence-corrected chi connectivity index (χ3v) is 8.08. The third-order valence-electron chi connectivity index (χ3n) is 8.08. The fraction of sp³-hybridized carbons (Fsp3) is 0.242. The molecule has 2 aromatic carbocycles. The number of H-pyrrole nitrogens is 2. The first-order valence-electron chi connectivity index (χ1n) is 14.5. The predicted octanol–water partition coefficient (Wildman–Crippen LogP) is 7.29. The van der Waals surface area contributed by atoms with Crippen LogP contribution < -0.4 is 10.1 Å². The minimum atomic E-state index is -0.389. The lowest BCUT2D eigenvalue weighted by Gasteiger charge is -2.20. The van der Waals surface area contributed by atoms with Gasteiger partial charge >= 0.3 is 0 Å². The fourth-order valence-corrected chi connectivity index (χ4v) is 5.95. The van der Waals surface area contributed by atoms with Gasteiger partial charge in [-0.1, -0.05) is 31.4 Å². The summed E-state index contributed by atoms with van der Waals surface area (Å²) in [7, 11) is 1.51. The van der Waals surface area contributed by atoms with Crippen molar-refractivity contribution in [1.29, 1.82) is 0 Å². The zero-order chi connectivity index (χ0) is 29.3. The predicted molar refractivity (Wildman–Crippen MR) is 164 cm³/mol. The largest absolute Gasteiger partial charge is 0.497 e. The van der Waals surface area contributed by atoms with Crippen LogP contribution in [0.15, 0.2) is 67.0 Å². The molecule has 0 radical (unpaired) electrons. The number of amides is 1. The summed E-state index contributed by atoms with van der Waals surface area (Å²) in [6, 6.07) is 16.0. The van der Waals surface area contributed by atoms with Crippen molar-refractivity contribution in [3.05, 3.63) is 72.8 Å². The summed E-state index contributed by atoms with van der Waals surface area (Å²) in [6.07, 6.45) is 9.84. The summed E-state index contributed by atoms with van der Waals surface area (Å²) in [4.78, 5) is 30.2. The Balaban J connectivity index is 1.20. The second kappa shape index (κ2) is 11.3. The van der Waals surface area contributed by atoms with E-state index in [1.165, 1.54) is 38.5 Å². The molecule has 4 aromatic heterocycles. The minimum Gasteiger partial charge on any atom is -0.497 e. The number of pyridine rings is 2. The van der Waals surface area contributed by atoms with Crippen molar-refractivity contribution in [3.63, 3.8) is 0 Å². The highest BCUT2D eigenvalue weighted by Crippen LogP contribution is 2.34. The number of carbonyl (C=O) groups excluding carboxylic acids is 1. The minimum absolute atomic E-state index is 0.0207. The molecule has 1 aliphatic carbocycles. The molecule has 43 heavy (non-hydrogen) atoms. The van der Waals surface area contributed by atoms with Gasteiger partial charge < -0.3 is 15.0 Å². The molecule has 9 nitrogen and oxygen atoms in total. The Labute approximate surface area is 247 Å². The molecule has 1 aliphatic rings. The number of methoxy groups -OCH3 is 1. The molecule has 1 amide bonds. The van der Waals surface area contributed by atoms with E-state index in [9.17, 15) is 9.18 Å². The summed E-state index contributed by atoms with van der Waals surface area (Å²) in [5.41, 5.74) is 6.93. The monoisotopic (exact) mass is 575 g/mol. The number of hydrogen-bond acceptors (Lipinski definition) is 6. The van der Waals surface area contributed by atoms with E-state index in [1.54, 1.807) is 18.5 Å². The average Bonchev–Trinajstić information content (AvgIpc) is 3.65. The molecule has 4 heterocycles. The Morgan fingerprint density at radius 1 is 0.977 bits per heavy atom. The Bertz CT molecular complexity index is 1960. The number of hydrogen-bond donors (Lipinski definition) is 3. The molecule has 0 bridgehead atoms. The molecule has 1 saturated carbocycles. The van der Waals surface area contributed by atoms with E-state index in [1.807, 2.05) is 36.4 Å². The van der Waals surface area contributed by atoms with Gasteiger partial charge in [0.15, 0.2) is 11.5 Å². The molecule has 7 rings (SSSR count). The lowest BCUT2D eigenvalue weighted by molar-refractivity contribution is -0.117. The van der Waals surface area contributed by atoms with E-state index in [2.05, 4.69) is 25.5 Å². The van der Waals surface area contributed by atoms with Crippen molar-refractivity contribution >= 4 is 33.7 Å². The highest BCUT2D eigenvalue weighted by molar-refractivity contribution is 5.97. The second-order valence-electron chi connectivity index (χ2n) is 11.1. The van der Waals surface area contributed by atoms with Gasteiger partial charge in [0, 0.05) is 29.8 Å². The number of halogens is 1. The smallest absolute Gasteiger partial charge is 0.224 e. The number of nitrogens with one attached hydrogen (secondary N) is 3. The maximum absolute atomic E-state index is 14.3. The number of fused-ring (bicyclic) bond motifs is 2. The molecule has 216 valence electrons. The first kappa shape index (κ1) is 26.8. The van der Waals surface area contributed by atoms with E-state index in [0.29, 0.717) is 57.6 Å². The molecule has 0 aliphatic heterocycles. The van der Waals surface area contributed by atoms with Gasteiger partial charge in [-0.05, 0) is 60.7 Å². The van der Waals surface area contributed by atoms with Crippen LogP contribution in [0.1, 0.15) is 38.5 Å². The molecule has 3 N–H and O–H groups in total. The first-order chi connectivity index (χ1) is 21.0. The highest BCUT2D eigenvalue weighted by atomic mass is 19.1. The van der Waals surface area contributed by atoms with Crippen LogP contribution in [0.2, 0.25) is 0 Å². The van der Waals surface area contributed by atoms with Crippen LogP contribution in [-0.4, -0.2) is 43.2 Å². The number of para-hydroxylation sites is 1. The molecule has 6 aromatic rings. The van der Waals surface area contributed by atoms with Crippen LogP contribution in [0.4, 0.5) is 10.1 Å². The summed E-state index contributed by atoms with van der Waals surface area (Å²) in [5, 5.41) is 10.6. The number of nitrogens with zero attached hydrogens (tertiary/aromatic N) is 4. The standard InChI is InChI=1S/C33H30FN7O2/c1-43-24-15-20(13-22(34)16-24)25-8-5-9-27-30(25)39-33(38-27)32-31-28(40-41-32)11-10-26(37-31)21-14-23(18-35-17-21)36-29(42)12-19-6-3-2-4-7-19/h5,8-11,13-19H,2-4,6-7,12H2,1H3,(H,36,42)(H,38,39)(H,40,41). The molecule has 0 unspecified atom stereocenters. The van der Waals surface area contributed by atoms with Gasteiger partial charge in [-0.2, -0.15) is 5.10 Å². The van der Waals surface area contributed by atoms with Gasteiger partial charge in [-0.3, -0.25) is 14.9 Å². The molecular formula is C33H30FN7O2. The first-order valence-corrected chi connectivity index (χ1v) is 14.5. The molecule has 0 spiro atoms. The molecular weight excluding hydrogens is 545 g/mol. The summed E-state index contributed by atoms with van der Waals surface area (Å²) >= 11 is 0. The van der Waals surface area contributed by atoms with Crippen molar-refractivity contribution in [2.45, 2.75) is 38.5 Å². The Hall–Kier alpha value is -5.12. The maximum atomic E-state index is 14.3. The summed E-state index contributed by atoms with van der Waals surface area (Å²) in [5.74, 6) is 1.05. The number of imidazole rings is 1. The van der Waals surface area contributed by atoms with Gasteiger partial charge in [0.25, 0.3) is 0 Å². The van der Waals surface area contributed by atoms with Crippen molar-refractivity contribution in [2.75, 3.05) is 12.4 Å². The molecule has 1 fully saturated rings. The highest BCUT2D eigenvalue weighted by Gasteiger charge is 2.19. The quantitative estimate of drug-likeness (QED) is 0.184. The number of carbonyl (C=O) groups is 1. The number of aromatic nitrogens is 6. The molecule has 0 atom stereocenters. The Morgan fingerprint density at radius 2 is 1.86 bits per heavy atom. The van der Waals surface area contributed by atoms with Crippen LogP contribution in [0.25, 0.3) is 56.0 Å². The third kappa shape index (κ3) is 5.43. The second-order valence-corrected chi connectivity index (χ2v) is 11.1. The van der Waals surface area contributed by atoms with E-state index < -0.39 is 0 Å². The summed E-state index contributed by atoms with van der Waals surface area (Å²) < 4.78 is 19.6. The maximum Gasteiger partial charge on any atom is 0.224 e. The van der Waals surface area contributed by atoms with Gasteiger partial charge in [-0.25, -0.2) is 14.4 Å². The molecule has 0 saturated heterocycles. The number of aromatic amines is 2. The van der Waals surface area contributed by atoms with Crippen LogP contribution in [0, 0.1) is 11.7 Å². The lowest BCUT2D eigenvalue weighted by atomic mass is 9.87. The van der Waals surface area contributed by atoms with Gasteiger partial charge in [-0.15, -0.1) is 0 Å². The van der Waals surface area contributed by atoms with Crippen molar-refractivity contribution < 1.29 is 13.9 Å². The van der Waals surface area contributed by atoms with Crippen LogP contribution in [-0.2, 0) is 4.79 Å². The average molecular weight is 576 g/mol. The van der Waals surface area contributed by atoms with E-state index in [-0.39, 0.29) is 11.7 Å². The summed E-state index contributed by atoms with van der Waals surface area (Å²) in [6.45, 7) is 0. The van der Waals surface area contributed by atoms with E-state index in [4.69, 9.17) is 14.7 Å². The number of anilines is 1. The lowest BCUT2D eigenvalue weighted by Crippen LogP contribution is -2.18. The van der Waals surface area contributed by atoms with Crippen LogP contribution in [0.5, 0.6) is 5.75 Å². The van der Waals surface area contributed by atoms with Gasteiger partial charge in [0.05, 0.1) is 41.2 Å². The van der Waals surface area contributed by atoms with Crippen molar-refractivity contribution in [2.24, 2.45) is 5.92 Å². The Morgan fingerprint density at radius 3 is 2.72 bits per heavy atom. The van der Waals surface area contributed by atoms with Crippen molar-refractivity contribution in [3.8, 4) is 39.7 Å².